The van der Waals surface area contributed by atoms with Crippen molar-refractivity contribution in [3.63, 3.8) is 0 Å². The van der Waals surface area contributed by atoms with Gasteiger partial charge >= 0.3 is 5.97 Å². The number of methoxy groups -OCH3 is 1. The number of amides is 2. The van der Waals surface area contributed by atoms with Crippen molar-refractivity contribution in [3.05, 3.63) is 35.9 Å². The van der Waals surface area contributed by atoms with Gasteiger partial charge in [-0.05, 0) is 30.7 Å². The van der Waals surface area contributed by atoms with Gasteiger partial charge in [0, 0.05) is 13.5 Å². The van der Waals surface area contributed by atoms with Gasteiger partial charge in [0.2, 0.25) is 11.8 Å². The SMILES string of the molecule is CC[C@H](C)[C@H](NC(=O)[C@H](Cc1ccccc1)SC(C)=O)C(=O)N1CCC[C@H]1C(=O)OC. The molecule has 1 aliphatic rings. The van der Waals surface area contributed by atoms with Gasteiger partial charge in [-0.2, -0.15) is 0 Å². The average Bonchev–Trinajstić information content (AvgIpc) is 3.25. The minimum absolute atomic E-state index is 0.130. The van der Waals surface area contributed by atoms with Gasteiger partial charge in [-0.3, -0.25) is 14.4 Å². The van der Waals surface area contributed by atoms with Gasteiger partial charge in [0.05, 0.1) is 12.4 Å². The number of rotatable bonds is 9. The van der Waals surface area contributed by atoms with Crippen LogP contribution in [0.1, 0.15) is 45.6 Å². The molecular weight excluding hydrogens is 416 g/mol. The van der Waals surface area contributed by atoms with Crippen LogP contribution in [0.3, 0.4) is 0 Å². The van der Waals surface area contributed by atoms with Crippen molar-refractivity contribution in [2.24, 2.45) is 5.92 Å². The van der Waals surface area contributed by atoms with Crippen LogP contribution in [0.15, 0.2) is 30.3 Å². The normalized spacial score (nSPS) is 18.7. The van der Waals surface area contributed by atoms with Gasteiger partial charge in [0.15, 0.2) is 5.12 Å². The third-order valence-corrected chi connectivity index (χ3v) is 6.65. The third-order valence-electron chi connectivity index (χ3n) is 5.65. The Hall–Kier alpha value is -2.35. The number of benzene rings is 1. The molecule has 2 rings (SSSR count). The summed E-state index contributed by atoms with van der Waals surface area (Å²) < 4.78 is 4.85. The number of likely N-dealkylation sites (tertiary alicyclic amines) is 1. The molecule has 1 N–H and O–H groups in total. The predicted octanol–water partition coefficient (Wildman–Crippen LogP) is 2.57. The lowest BCUT2D eigenvalue weighted by Crippen LogP contribution is -2.55. The summed E-state index contributed by atoms with van der Waals surface area (Å²) >= 11 is 0.967. The van der Waals surface area contributed by atoms with Crippen molar-refractivity contribution in [2.45, 2.75) is 63.8 Å². The van der Waals surface area contributed by atoms with Crippen LogP contribution in [-0.2, 0) is 30.3 Å². The Morgan fingerprint density at radius 1 is 1.23 bits per heavy atom. The number of carbonyl (C=O) groups is 4. The Morgan fingerprint density at radius 2 is 1.90 bits per heavy atom. The Kier molecular flexibility index (Phi) is 9.55. The molecule has 1 aromatic rings. The van der Waals surface area contributed by atoms with Gasteiger partial charge in [0.25, 0.3) is 0 Å². The standard InChI is InChI=1S/C23H32N2O5S/c1-5-15(2)20(22(28)25-13-9-12-18(25)23(29)30-4)24-21(27)19(31-16(3)26)14-17-10-7-6-8-11-17/h6-8,10-11,15,18-20H,5,9,12-14H2,1-4H3,(H,24,27)/t15-,18-,19-,20-/m0/s1. The predicted molar refractivity (Wildman–Crippen MR) is 120 cm³/mol. The Balaban J connectivity index is 2.20. The topological polar surface area (TPSA) is 92.8 Å². The van der Waals surface area contributed by atoms with Crippen molar-refractivity contribution in [3.8, 4) is 0 Å². The van der Waals surface area contributed by atoms with Crippen LogP contribution in [0.4, 0.5) is 0 Å². The van der Waals surface area contributed by atoms with E-state index in [1.807, 2.05) is 44.2 Å². The summed E-state index contributed by atoms with van der Waals surface area (Å²) in [6.07, 6.45) is 2.32. The second kappa shape index (κ2) is 11.9. The van der Waals surface area contributed by atoms with E-state index in [-0.39, 0.29) is 22.8 Å². The molecule has 0 aromatic heterocycles. The first-order valence-electron chi connectivity index (χ1n) is 10.7. The molecule has 0 spiro atoms. The summed E-state index contributed by atoms with van der Waals surface area (Å²) in [5.41, 5.74) is 0.938. The number of hydrogen-bond acceptors (Lipinski definition) is 6. The Morgan fingerprint density at radius 3 is 2.48 bits per heavy atom. The van der Waals surface area contributed by atoms with E-state index in [0.717, 1.165) is 17.3 Å². The van der Waals surface area contributed by atoms with Crippen molar-refractivity contribution in [1.82, 2.24) is 10.2 Å². The van der Waals surface area contributed by atoms with Gasteiger partial charge < -0.3 is 15.0 Å². The minimum Gasteiger partial charge on any atom is -0.467 e. The summed E-state index contributed by atoms with van der Waals surface area (Å²) in [4.78, 5) is 51.9. The molecule has 2 amide bonds. The summed E-state index contributed by atoms with van der Waals surface area (Å²) in [6.45, 7) is 5.73. The zero-order valence-electron chi connectivity index (χ0n) is 18.6. The molecule has 1 fully saturated rings. The fraction of sp³-hybridized carbons (Fsp3) is 0.565. The van der Waals surface area contributed by atoms with Crippen LogP contribution in [-0.4, -0.2) is 58.8 Å². The molecule has 4 atom stereocenters. The number of hydrogen-bond donors (Lipinski definition) is 1. The van der Waals surface area contributed by atoms with Crippen molar-refractivity contribution in [1.29, 1.82) is 0 Å². The van der Waals surface area contributed by atoms with Crippen molar-refractivity contribution in [2.75, 3.05) is 13.7 Å². The maximum Gasteiger partial charge on any atom is 0.328 e. The van der Waals surface area contributed by atoms with Crippen molar-refractivity contribution >= 4 is 34.7 Å². The van der Waals surface area contributed by atoms with E-state index in [9.17, 15) is 19.2 Å². The molecule has 1 aromatic carbocycles. The van der Waals surface area contributed by atoms with E-state index >= 15 is 0 Å². The lowest BCUT2D eigenvalue weighted by molar-refractivity contribution is -0.152. The van der Waals surface area contributed by atoms with E-state index in [2.05, 4.69) is 5.32 Å². The fourth-order valence-electron chi connectivity index (χ4n) is 3.74. The van der Waals surface area contributed by atoms with Gasteiger partial charge in [-0.1, -0.05) is 62.4 Å². The smallest absolute Gasteiger partial charge is 0.328 e. The molecule has 0 bridgehead atoms. The maximum atomic E-state index is 13.3. The Labute approximate surface area is 188 Å². The number of carbonyl (C=O) groups excluding carboxylic acids is 4. The summed E-state index contributed by atoms with van der Waals surface area (Å²) in [5.74, 6) is -1.19. The fourth-order valence-corrected chi connectivity index (χ4v) is 4.59. The second-order valence-electron chi connectivity index (χ2n) is 7.87. The first-order chi connectivity index (χ1) is 14.8. The lowest BCUT2D eigenvalue weighted by Gasteiger charge is -2.31. The van der Waals surface area contributed by atoms with Crippen LogP contribution in [0.5, 0.6) is 0 Å². The van der Waals surface area contributed by atoms with Gasteiger partial charge in [-0.25, -0.2) is 4.79 Å². The van der Waals surface area contributed by atoms with Crippen LogP contribution >= 0.6 is 11.8 Å². The highest BCUT2D eigenvalue weighted by Gasteiger charge is 2.40. The second-order valence-corrected chi connectivity index (χ2v) is 9.25. The summed E-state index contributed by atoms with van der Waals surface area (Å²) in [5, 5.41) is 2.09. The van der Waals surface area contributed by atoms with E-state index in [0.29, 0.717) is 32.2 Å². The van der Waals surface area contributed by atoms with Crippen LogP contribution in [0, 0.1) is 5.92 Å². The zero-order chi connectivity index (χ0) is 23.0. The first-order valence-corrected chi connectivity index (χ1v) is 11.6. The number of nitrogens with zero attached hydrogens (tertiary/aromatic N) is 1. The highest BCUT2D eigenvalue weighted by atomic mass is 32.2. The Bertz CT molecular complexity index is 785. The number of nitrogens with one attached hydrogen (secondary N) is 1. The van der Waals surface area contributed by atoms with E-state index < -0.39 is 23.3 Å². The molecule has 0 radical (unpaired) electrons. The number of thioether (sulfide) groups is 1. The molecule has 1 saturated heterocycles. The quantitative estimate of drug-likeness (QED) is 0.584. The molecule has 8 heteroatoms. The molecule has 0 aliphatic carbocycles. The van der Waals surface area contributed by atoms with Crippen molar-refractivity contribution < 1.29 is 23.9 Å². The third kappa shape index (κ3) is 6.82. The first kappa shape index (κ1) is 24.9. The molecular formula is C23H32N2O5S. The van der Waals surface area contributed by atoms with Crippen LogP contribution < -0.4 is 5.32 Å². The van der Waals surface area contributed by atoms with E-state index in [1.54, 1.807) is 0 Å². The highest BCUT2D eigenvalue weighted by Crippen LogP contribution is 2.23. The van der Waals surface area contributed by atoms with Gasteiger partial charge in [-0.15, -0.1) is 0 Å². The van der Waals surface area contributed by atoms with Gasteiger partial charge in [0.1, 0.15) is 12.1 Å². The summed E-state index contributed by atoms with van der Waals surface area (Å²) in [6, 6.07) is 8.08. The monoisotopic (exact) mass is 448 g/mol. The largest absolute Gasteiger partial charge is 0.467 e. The lowest BCUT2D eigenvalue weighted by atomic mass is 9.97. The number of esters is 1. The highest BCUT2D eigenvalue weighted by molar-refractivity contribution is 8.14. The maximum absolute atomic E-state index is 13.3. The summed E-state index contributed by atoms with van der Waals surface area (Å²) in [7, 11) is 1.31. The molecule has 7 nitrogen and oxygen atoms in total. The minimum atomic E-state index is -0.770. The number of ether oxygens (including phenoxy) is 1. The molecule has 1 heterocycles. The van der Waals surface area contributed by atoms with Crippen LogP contribution in [0.2, 0.25) is 0 Å². The average molecular weight is 449 g/mol. The molecule has 0 saturated carbocycles. The molecule has 31 heavy (non-hydrogen) atoms. The van der Waals surface area contributed by atoms with E-state index in [4.69, 9.17) is 4.74 Å². The van der Waals surface area contributed by atoms with E-state index in [1.165, 1.54) is 18.9 Å². The molecule has 1 aliphatic heterocycles. The molecule has 170 valence electrons. The molecule has 0 unspecified atom stereocenters. The zero-order valence-corrected chi connectivity index (χ0v) is 19.4. The van der Waals surface area contributed by atoms with Crippen LogP contribution in [0.25, 0.3) is 0 Å².